The third-order valence-electron chi connectivity index (χ3n) is 3.70. The van der Waals surface area contributed by atoms with Crippen LogP contribution in [-0.2, 0) is 11.3 Å². The average molecular weight is 247 g/mol. The van der Waals surface area contributed by atoms with Crippen LogP contribution in [0.25, 0.3) is 0 Å². The molecule has 0 heterocycles. The predicted molar refractivity (Wildman–Crippen MR) is 71.6 cm³/mol. The van der Waals surface area contributed by atoms with Gasteiger partial charge < -0.3 is 10.1 Å². The number of ether oxygens (including phenoxy) is 1. The number of nitrogens with one attached hydrogen (secondary N) is 1. The van der Waals surface area contributed by atoms with E-state index in [0.29, 0.717) is 17.7 Å². The summed E-state index contributed by atoms with van der Waals surface area (Å²) < 4.78 is 5.13. The van der Waals surface area contributed by atoms with Gasteiger partial charge in [-0.3, -0.25) is 4.79 Å². The molecule has 0 spiro atoms. The smallest absolute Gasteiger partial charge is 0.133 e. The summed E-state index contributed by atoms with van der Waals surface area (Å²) in [6.07, 6.45) is 2.42. The highest BCUT2D eigenvalue weighted by Crippen LogP contribution is 2.22. The third kappa shape index (κ3) is 3.33. The first-order valence-electron chi connectivity index (χ1n) is 6.57. The number of hydrogen-bond donors (Lipinski definition) is 1. The highest BCUT2D eigenvalue weighted by atomic mass is 16.5. The fourth-order valence-corrected chi connectivity index (χ4v) is 2.50. The van der Waals surface area contributed by atoms with Crippen molar-refractivity contribution < 1.29 is 9.53 Å². The molecule has 1 aromatic carbocycles. The number of methoxy groups -OCH3 is 1. The zero-order valence-corrected chi connectivity index (χ0v) is 11.1. The molecule has 3 heteroatoms. The maximum atomic E-state index is 11.3. The van der Waals surface area contributed by atoms with Crippen molar-refractivity contribution in [3.05, 3.63) is 29.8 Å². The lowest BCUT2D eigenvalue weighted by Crippen LogP contribution is -2.39. The van der Waals surface area contributed by atoms with Gasteiger partial charge in [0.2, 0.25) is 0 Å². The second kappa shape index (κ2) is 6.01. The van der Waals surface area contributed by atoms with E-state index in [1.54, 1.807) is 7.11 Å². The molecule has 1 N–H and O–H groups in total. The van der Waals surface area contributed by atoms with E-state index in [1.165, 1.54) is 5.56 Å². The van der Waals surface area contributed by atoms with E-state index in [4.69, 9.17) is 4.74 Å². The van der Waals surface area contributed by atoms with Crippen LogP contribution in [0.3, 0.4) is 0 Å². The quantitative estimate of drug-likeness (QED) is 0.888. The Hall–Kier alpha value is -1.35. The van der Waals surface area contributed by atoms with Gasteiger partial charge in [-0.1, -0.05) is 19.1 Å². The summed E-state index contributed by atoms with van der Waals surface area (Å²) in [6.45, 7) is 3.01. The van der Waals surface area contributed by atoms with Crippen molar-refractivity contribution in [1.82, 2.24) is 5.32 Å². The molecule has 0 bridgehead atoms. The highest BCUT2D eigenvalue weighted by Gasteiger charge is 2.25. The van der Waals surface area contributed by atoms with Crippen LogP contribution < -0.4 is 10.1 Å². The van der Waals surface area contributed by atoms with Gasteiger partial charge in [0, 0.05) is 25.4 Å². The minimum absolute atomic E-state index is 0.407. The van der Waals surface area contributed by atoms with Crippen molar-refractivity contribution >= 4 is 5.78 Å². The number of benzene rings is 1. The van der Waals surface area contributed by atoms with Crippen molar-refractivity contribution in [2.75, 3.05) is 7.11 Å². The van der Waals surface area contributed by atoms with Gasteiger partial charge in [-0.05, 0) is 30.0 Å². The first-order valence-corrected chi connectivity index (χ1v) is 6.57. The summed E-state index contributed by atoms with van der Waals surface area (Å²) >= 11 is 0. The topological polar surface area (TPSA) is 38.3 Å². The zero-order chi connectivity index (χ0) is 13.0. The second-order valence-electron chi connectivity index (χ2n) is 5.09. The molecule has 0 radical (unpaired) electrons. The minimum Gasteiger partial charge on any atom is -0.497 e. The van der Waals surface area contributed by atoms with Crippen molar-refractivity contribution in [2.24, 2.45) is 5.92 Å². The van der Waals surface area contributed by atoms with Crippen LogP contribution in [0.15, 0.2) is 24.3 Å². The number of carbonyl (C=O) groups excluding carboxylic acids is 1. The second-order valence-corrected chi connectivity index (χ2v) is 5.09. The van der Waals surface area contributed by atoms with Crippen LogP contribution >= 0.6 is 0 Å². The summed E-state index contributed by atoms with van der Waals surface area (Å²) in [5, 5.41) is 3.55. The molecule has 0 aliphatic heterocycles. The Morgan fingerprint density at radius 3 is 2.67 bits per heavy atom. The number of Topliss-reactive ketones (excluding diaryl/α,β-unsaturated/α-hetero) is 1. The Kier molecular flexibility index (Phi) is 4.37. The number of ketones is 1. The van der Waals surface area contributed by atoms with Crippen LogP contribution in [0, 0.1) is 5.92 Å². The van der Waals surface area contributed by atoms with Gasteiger partial charge in [0.15, 0.2) is 0 Å². The fraction of sp³-hybridized carbons (Fsp3) is 0.533. The van der Waals surface area contributed by atoms with Crippen molar-refractivity contribution in [2.45, 2.75) is 38.8 Å². The summed E-state index contributed by atoms with van der Waals surface area (Å²) in [7, 11) is 1.67. The molecule has 2 atom stereocenters. The van der Waals surface area contributed by atoms with E-state index in [0.717, 1.165) is 31.6 Å². The molecule has 0 saturated heterocycles. The van der Waals surface area contributed by atoms with Gasteiger partial charge in [-0.15, -0.1) is 0 Å². The highest BCUT2D eigenvalue weighted by molar-refractivity contribution is 5.79. The lowest BCUT2D eigenvalue weighted by atomic mass is 9.85. The fourth-order valence-electron chi connectivity index (χ4n) is 2.50. The van der Waals surface area contributed by atoms with Crippen LogP contribution in [0.5, 0.6) is 5.75 Å². The molecule has 2 rings (SSSR count). The molecule has 3 nitrogen and oxygen atoms in total. The monoisotopic (exact) mass is 247 g/mol. The Morgan fingerprint density at radius 1 is 1.33 bits per heavy atom. The van der Waals surface area contributed by atoms with Crippen LogP contribution in [-0.4, -0.2) is 18.9 Å². The standard InChI is InChI=1S/C15H21NO2/c1-11-9-13(17)5-8-15(11)16-10-12-3-6-14(18-2)7-4-12/h3-4,6-7,11,15-16H,5,8-10H2,1-2H3. The lowest BCUT2D eigenvalue weighted by molar-refractivity contribution is -0.121. The van der Waals surface area contributed by atoms with Crippen molar-refractivity contribution in [3.8, 4) is 5.75 Å². The Balaban J connectivity index is 1.85. The molecular formula is C15H21NO2. The van der Waals surface area contributed by atoms with Gasteiger partial charge in [-0.2, -0.15) is 0 Å². The van der Waals surface area contributed by atoms with E-state index in [9.17, 15) is 4.79 Å². The maximum Gasteiger partial charge on any atom is 0.133 e. The van der Waals surface area contributed by atoms with E-state index in [-0.39, 0.29) is 0 Å². The molecule has 0 aromatic heterocycles. The summed E-state index contributed by atoms with van der Waals surface area (Å²) in [4.78, 5) is 11.3. The zero-order valence-electron chi connectivity index (χ0n) is 11.1. The summed E-state index contributed by atoms with van der Waals surface area (Å²) in [5.41, 5.74) is 1.25. The van der Waals surface area contributed by atoms with Crippen LogP contribution in [0.1, 0.15) is 31.7 Å². The maximum absolute atomic E-state index is 11.3. The SMILES string of the molecule is COc1ccc(CNC2CCC(=O)CC2C)cc1. The van der Waals surface area contributed by atoms with E-state index >= 15 is 0 Å². The molecule has 18 heavy (non-hydrogen) atoms. The molecule has 1 aromatic rings. The number of rotatable bonds is 4. The minimum atomic E-state index is 0.407. The Labute approximate surface area is 109 Å². The molecule has 2 unspecified atom stereocenters. The van der Waals surface area contributed by atoms with Crippen molar-refractivity contribution in [3.63, 3.8) is 0 Å². The van der Waals surface area contributed by atoms with E-state index in [1.807, 2.05) is 12.1 Å². The first-order chi connectivity index (χ1) is 8.69. The van der Waals surface area contributed by atoms with Gasteiger partial charge in [0.25, 0.3) is 0 Å². The van der Waals surface area contributed by atoms with E-state index in [2.05, 4.69) is 24.4 Å². The molecule has 1 fully saturated rings. The normalized spacial score (nSPS) is 24.0. The van der Waals surface area contributed by atoms with Crippen molar-refractivity contribution in [1.29, 1.82) is 0 Å². The summed E-state index contributed by atoms with van der Waals surface area (Å²) in [5.74, 6) is 1.74. The molecule has 1 saturated carbocycles. The van der Waals surface area contributed by atoms with E-state index < -0.39 is 0 Å². The largest absolute Gasteiger partial charge is 0.497 e. The number of carbonyl (C=O) groups is 1. The average Bonchev–Trinajstić information content (AvgIpc) is 2.38. The van der Waals surface area contributed by atoms with Gasteiger partial charge >= 0.3 is 0 Å². The molecule has 1 aliphatic rings. The Bertz CT molecular complexity index is 399. The summed E-state index contributed by atoms with van der Waals surface area (Å²) in [6, 6.07) is 8.56. The molecule has 1 aliphatic carbocycles. The first kappa shape index (κ1) is 13.1. The van der Waals surface area contributed by atoms with Gasteiger partial charge in [0.05, 0.1) is 7.11 Å². The third-order valence-corrected chi connectivity index (χ3v) is 3.70. The molecule has 98 valence electrons. The van der Waals surface area contributed by atoms with Gasteiger partial charge in [0.1, 0.15) is 11.5 Å². The lowest BCUT2D eigenvalue weighted by Gasteiger charge is -2.29. The number of hydrogen-bond acceptors (Lipinski definition) is 3. The van der Waals surface area contributed by atoms with Crippen LogP contribution in [0.2, 0.25) is 0 Å². The Morgan fingerprint density at radius 2 is 2.06 bits per heavy atom. The predicted octanol–water partition coefficient (Wildman–Crippen LogP) is 2.54. The molecular weight excluding hydrogens is 226 g/mol. The molecule has 0 amide bonds. The van der Waals surface area contributed by atoms with Gasteiger partial charge in [-0.25, -0.2) is 0 Å². The van der Waals surface area contributed by atoms with Crippen LogP contribution in [0.4, 0.5) is 0 Å².